The molecule has 7 heteroatoms. The quantitative estimate of drug-likeness (QED) is 0.778. The number of nitrogens with one attached hydrogen (secondary N) is 2. The Labute approximate surface area is 123 Å². The number of hydrogen-bond acceptors (Lipinski definition) is 5. The van der Waals surface area contributed by atoms with E-state index in [1.807, 2.05) is 18.2 Å². The van der Waals surface area contributed by atoms with E-state index in [-0.39, 0.29) is 17.4 Å². The maximum Gasteiger partial charge on any atom is 0.293 e. The smallest absolute Gasteiger partial charge is 0.293 e. The van der Waals surface area contributed by atoms with Crippen molar-refractivity contribution in [2.75, 3.05) is 12.4 Å². The molecule has 0 aliphatic carbocycles. The third kappa shape index (κ3) is 2.63. The van der Waals surface area contributed by atoms with E-state index in [0.29, 0.717) is 10.7 Å². The van der Waals surface area contributed by atoms with E-state index in [2.05, 4.69) is 15.6 Å². The third-order valence-corrected chi connectivity index (χ3v) is 3.59. The number of aromatic nitrogens is 1. The zero-order valence-electron chi connectivity index (χ0n) is 11.0. The molecule has 0 aliphatic rings. The molecule has 21 heavy (non-hydrogen) atoms. The predicted octanol–water partition coefficient (Wildman–Crippen LogP) is 2.50. The van der Waals surface area contributed by atoms with Gasteiger partial charge in [-0.25, -0.2) is 4.98 Å². The molecule has 0 spiro atoms. The Morgan fingerprint density at radius 2 is 2.05 bits per heavy atom. The Bertz CT molecular complexity index is 789. The Hall–Kier alpha value is -2.67. The third-order valence-electron chi connectivity index (χ3n) is 2.83. The lowest BCUT2D eigenvalue weighted by Gasteiger charge is -1.97. The van der Waals surface area contributed by atoms with Gasteiger partial charge < -0.3 is 9.73 Å². The summed E-state index contributed by atoms with van der Waals surface area (Å²) in [6.07, 6.45) is 0. The molecule has 1 aromatic carbocycles. The van der Waals surface area contributed by atoms with Crippen LogP contribution >= 0.6 is 11.3 Å². The first kappa shape index (κ1) is 13.3. The highest BCUT2D eigenvalue weighted by Gasteiger charge is 2.15. The summed E-state index contributed by atoms with van der Waals surface area (Å²) in [6.45, 7) is 0. The lowest BCUT2D eigenvalue weighted by Crippen LogP contribution is -2.18. The molecule has 0 saturated carbocycles. The fourth-order valence-corrected chi connectivity index (χ4v) is 2.50. The summed E-state index contributed by atoms with van der Waals surface area (Å²) in [4.78, 5) is 27.5. The molecule has 2 N–H and O–H groups in total. The molecule has 106 valence electrons. The minimum absolute atomic E-state index is 0.202. The summed E-state index contributed by atoms with van der Waals surface area (Å²) in [6, 6.07) is 9.03. The van der Waals surface area contributed by atoms with Crippen LogP contribution < -0.4 is 10.6 Å². The molecule has 0 atom stereocenters. The monoisotopic (exact) mass is 301 g/mol. The average molecular weight is 301 g/mol. The van der Waals surface area contributed by atoms with E-state index in [9.17, 15) is 9.59 Å². The molecule has 2 amide bonds. The lowest BCUT2D eigenvalue weighted by atomic mass is 10.2. The van der Waals surface area contributed by atoms with Gasteiger partial charge in [-0.2, -0.15) is 0 Å². The van der Waals surface area contributed by atoms with E-state index in [4.69, 9.17) is 4.42 Å². The number of anilines is 1. The maximum absolute atomic E-state index is 12.1. The molecule has 0 fully saturated rings. The van der Waals surface area contributed by atoms with Crippen LogP contribution in [0.4, 0.5) is 5.13 Å². The number of rotatable bonds is 3. The summed E-state index contributed by atoms with van der Waals surface area (Å²) in [5.74, 6) is -0.493. The van der Waals surface area contributed by atoms with Crippen molar-refractivity contribution in [2.24, 2.45) is 0 Å². The fourth-order valence-electron chi connectivity index (χ4n) is 1.82. The summed E-state index contributed by atoms with van der Waals surface area (Å²) in [5.41, 5.74) is 0.912. The van der Waals surface area contributed by atoms with Gasteiger partial charge in [0.15, 0.2) is 10.9 Å². The second kappa shape index (κ2) is 5.37. The number of thiazole rings is 1. The van der Waals surface area contributed by atoms with Gasteiger partial charge in [-0.3, -0.25) is 14.9 Å². The van der Waals surface area contributed by atoms with Crippen LogP contribution in [0.5, 0.6) is 0 Å². The fraction of sp³-hybridized carbons (Fsp3) is 0.0714. The number of amides is 2. The zero-order chi connectivity index (χ0) is 14.8. The van der Waals surface area contributed by atoms with Gasteiger partial charge in [0.25, 0.3) is 11.8 Å². The molecule has 0 saturated heterocycles. The number of nitrogens with zero attached hydrogens (tertiary/aromatic N) is 1. The van der Waals surface area contributed by atoms with E-state index in [1.54, 1.807) is 17.5 Å². The number of benzene rings is 1. The van der Waals surface area contributed by atoms with Crippen molar-refractivity contribution in [1.82, 2.24) is 10.3 Å². The number of furan rings is 1. The molecular weight excluding hydrogens is 290 g/mol. The van der Waals surface area contributed by atoms with Crippen LogP contribution in [0.3, 0.4) is 0 Å². The Morgan fingerprint density at radius 3 is 2.81 bits per heavy atom. The van der Waals surface area contributed by atoms with Crippen LogP contribution in [-0.4, -0.2) is 23.8 Å². The molecule has 0 aliphatic heterocycles. The van der Waals surface area contributed by atoms with Crippen molar-refractivity contribution >= 4 is 39.3 Å². The van der Waals surface area contributed by atoms with Gasteiger partial charge in [-0.15, -0.1) is 11.3 Å². The molecule has 0 unspecified atom stereocenters. The number of para-hydroxylation sites is 1. The largest absolute Gasteiger partial charge is 0.451 e. The highest BCUT2D eigenvalue weighted by Crippen LogP contribution is 2.21. The first-order valence-electron chi connectivity index (χ1n) is 6.15. The molecular formula is C14H11N3O3S. The number of carbonyl (C=O) groups excluding carboxylic acids is 2. The van der Waals surface area contributed by atoms with Crippen LogP contribution in [0.2, 0.25) is 0 Å². The number of carbonyl (C=O) groups is 2. The molecule has 3 rings (SSSR count). The molecule has 2 heterocycles. The zero-order valence-corrected chi connectivity index (χ0v) is 11.9. The predicted molar refractivity (Wildman–Crippen MR) is 79.7 cm³/mol. The number of fused-ring (bicyclic) bond motifs is 1. The molecule has 6 nitrogen and oxygen atoms in total. The highest BCUT2D eigenvalue weighted by molar-refractivity contribution is 7.14. The lowest BCUT2D eigenvalue weighted by molar-refractivity contribution is 0.0956. The SMILES string of the molecule is CNC(=O)c1csc(NC(=O)c2cc3ccccc3o2)n1. The van der Waals surface area contributed by atoms with E-state index >= 15 is 0 Å². The van der Waals surface area contributed by atoms with Crippen molar-refractivity contribution < 1.29 is 14.0 Å². The van der Waals surface area contributed by atoms with Crippen LogP contribution in [0.15, 0.2) is 40.1 Å². The van der Waals surface area contributed by atoms with E-state index in [0.717, 1.165) is 5.39 Å². The second-order valence-corrected chi connectivity index (χ2v) is 5.08. The van der Waals surface area contributed by atoms with Crippen molar-refractivity contribution in [1.29, 1.82) is 0 Å². The second-order valence-electron chi connectivity index (χ2n) is 4.22. The van der Waals surface area contributed by atoms with Crippen LogP contribution in [0, 0.1) is 0 Å². The van der Waals surface area contributed by atoms with E-state index < -0.39 is 5.91 Å². The summed E-state index contributed by atoms with van der Waals surface area (Å²) >= 11 is 1.18. The van der Waals surface area contributed by atoms with Crippen molar-refractivity contribution in [2.45, 2.75) is 0 Å². The minimum atomic E-state index is -0.399. The van der Waals surface area contributed by atoms with Gasteiger partial charge in [0, 0.05) is 17.8 Å². The Kier molecular flexibility index (Phi) is 3.41. The normalized spacial score (nSPS) is 10.5. The summed E-state index contributed by atoms with van der Waals surface area (Å²) < 4.78 is 5.46. The number of hydrogen-bond donors (Lipinski definition) is 2. The van der Waals surface area contributed by atoms with Crippen molar-refractivity contribution in [3.8, 4) is 0 Å². The summed E-state index contributed by atoms with van der Waals surface area (Å²) in [5, 5.41) is 7.86. The highest BCUT2D eigenvalue weighted by atomic mass is 32.1. The van der Waals surface area contributed by atoms with Crippen LogP contribution in [-0.2, 0) is 0 Å². The Morgan fingerprint density at radius 1 is 1.24 bits per heavy atom. The molecule has 2 aromatic heterocycles. The average Bonchev–Trinajstić information content (AvgIpc) is 3.12. The molecule has 3 aromatic rings. The molecule has 0 radical (unpaired) electrons. The first-order chi connectivity index (χ1) is 10.2. The van der Waals surface area contributed by atoms with Gasteiger partial charge in [0.05, 0.1) is 0 Å². The van der Waals surface area contributed by atoms with Gasteiger partial charge in [-0.1, -0.05) is 18.2 Å². The van der Waals surface area contributed by atoms with Gasteiger partial charge in [0.2, 0.25) is 0 Å². The van der Waals surface area contributed by atoms with Gasteiger partial charge in [-0.05, 0) is 12.1 Å². The maximum atomic E-state index is 12.1. The minimum Gasteiger partial charge on any atom is -0.451 e. The topological polar surface area (TPSA) is 84.2 Å². The standard InChI is InChI=1S/C14H11N3O3S/c1-15-12(18)9-7-21-14(16-9)17-13(19)11-6-8-4-2-3-5-10(8)20-11/h2-7H,1H3,(H,15,18)(H,16,17,19). The van der Waals surface area contributed by atoms with Crippen LogP contribution in [0.25, 0.3) is 11.0 Å². The van der Waals surface area contributed by atoms with Crippen molar-refractivity contribution in [3.05, 3.63) is 47.2 Å². The van der Waals surface area contributed by atoms with E-state index in [1.165, 1.54) is 18.4 Å². The van der Waals surface area contributed by atoms with Crippen molar-refractivity contribution in [3.63, 3.8) is 0 Å². The van der Waals surface area contributed by atoms with Crippen LogP contribution in [0.1, 0.15) is 21.0 Å². The molecule has 0 bridgehead atoms. The summed E-state index contributed by atoms with van der Waals surface area (Å²) in [7, 11) is 1.52. The van der Waals surface area contributed by atoms with Gasteiger partial charge >= 0.3 is 0 Å². The van der Waals surface area contributed by atoms with Gasteiger partial charge in [0.1, 0.15) is 11.3 Å². The first-order valence-corrected chi connectivity index (χ1v) is 7.03. The Balaban J connectivity index is 1.79.